The summed E-state index contributed by atoms with van der Waals surface area (Å²) in [5.41, 5.74) is 8.51. The van der Waals surface area contributed by atoms with Crippen LogP contribution >= 0.6 is 12.4 Å². The molecule has 2 aromatic carbocycles. The molecule has 0 bridgehead atoms. The van der Waals surface area contributed by atoms with Gasteiger partial charge in [0.25, 0.3) is 0 Å². The van der Waals surface area contributed by atoms with Gasteiger partial charge in [0.1, 0.15) is 5.75 Å². The molecule has 0 aliphatic rings. The number of carbonyl (C=O) groups excluding carboxylic acids is 2. The molecule has 7 heteroatoms. The van der Waals surface area contributed by atoms with Gasteiger partial charge in [-0.15, -0.1) is 12.4 Å². The first kappa shape index (κ1) is 25.5. The van der Waals surface area contributed by atoms with E-state index >= 15 is 0 Å². The molecule has 0 aromatic heterocycles. The molecule has 0 saturated heterocycles. The van der Waals surface area contributed by atoms with Crippen molar-refractivity contribution in [2.75, 3.05) is 11.9 Å². The zero-order valence-corrected chi connectivity index (χ0v) is 18.6. The molecule has 0 aliphatic carbocycles. The minimum Gasteiger partial charge on any atom is -0.493 e. The van der Waals surface area contributed by atoms with Crippen LogP contribution < -0.4 is 21.1 Å². The Balaban J connectivity index is 0.00000450. The van der Waals surface area contributed by atoms with Crippen molar-refractivity contribution in [3.05, 3.63) is 59.7 Å². The number of hydrogen-bond donors (Lipinski definition) is 3. The molecule has 0 spiro atoms. The van der Waals surface area contributed by atoms with Crippen LogP contribution in [0.5, 0.6) is 5.75 Å². The van der Waals surface area contributed by atoms with Crippen LogP contribution in [-0.4, -0.2) is 24.5 Å². The number of amides is 2. The Morgan fingerprint density at radius 3 is 2.37 bits per heavy atom. The molecule has 0 saturated carbocycles. The van der Waals surface area contributed by atoms with E-state index in [1.165, 1.54) is 0 Å². The highest BCUT2D eigenvalue weighted by Crippen LogP contribution is 2.16. The summed E-state index contributed by atoms with van der Waals surface area (Å²) < 4.78 is 5.71. The van der Waals surface area contributed by atoms with E-state index in [1.54, 1.807) is 0 Å². The van der Waals surface area contributed by atoms with Gasteiger partial charge < -0.3 is 21.1 Å². The SMILES string of the molecule is Cc1ccccc1OCCCC(=O)Nc1ccc(CNC(=O)C(C)C(C)N)cc1.Cl. The second kappa shape index (κ2) is 12.9. The highest BCUT2D eigenvalue weighted by atomic mass is 35.5. The van der Waals surface area contributed by atoms with Crippen LogP contribution in [0.25, 0.3) is 0 Å². The number of aryl methyl sites for hydroxylation is 1. The van der Waals surface area contributed by atoms with Crippen LogP contribution in [0.15, 0.2) is 48.5 Å². The quantitative estimate of drug-likeness (QED) is 0.496. The minimum atomic E-state index is -0.233. The van der Waals surface area contributed by atoms with Gasteiger partial charge in [-0.25, -0.2) is 0 Å². The van der Waals surface area contributed by atoms with E-state index in [-0.39, 0.29) is 36.2 Å². The molecular formula is C23H32ClN3O3. The summed E-state index contributed by atoms with van der Waals surface area (Å²) in [6.07, 6.45) is 1.03. The number of nitrogens with one attached hydrogen (secondary N) is 2. The fraction of sp³-hybridized carbons (Fsp3) is 0.391. The van der Waals surface area contributed by atoms with E-state index in [1.807, 2.05) is 69.3 Å². The van der Waals surface area contributed by atoms with E-state index in [9.17, 15) is 9.59 Å². The zero-order chi connectivity index (χ0) is 21.2. The average Bonchev–Trinajstić information content (AvgIpc) is 2.71. The molecular weight excluding hydrogens is 402 g/mol. The van der Waals surface area contributed by atoms with Crippen LogP contribution in [0.3, 0.4) is 0 Å². The van der Waals surface area contributed by atoms with Crippen molar-refractivity contribution in [1.82, 2.24) is 5.32 Å². The number of ether oxygens (including phenoxy) is 1. The van der Waals surface area contributed by atoms with Crippen LogP contribution in [-0.2, 0) is 16.1 Å². The van der Waals surface area contributed by atoms with Crippen LogP contribution in [0.4, 0.5) is 5.69 Å². The topological polar surface area (TPSA) is 93.5 Å². The Labute approximate surface area is 185 Å². The zero-order valence-electron chi connectivity index (χ0n) is 17.8. The number of halogens is 1. The van der Waals surface area contributed by atoms with Gasteiger partial charge in [-0.1, -0.05) is 37.3 Å². The molecule has 0 heterocycles. The van der Waals surface area contributed by atoms with Gasteiger partial charge in [0.15, 0.2) is 0 Å². The van der Waals surface area contributed by atoms with E-state index in [2.05, 4.69) is 10.6 Å². The highest BCUT2D eigenvalue weighted by Gasteiger charge is 2.16. The first-order valence-electron chi connectivity index (χ1n) is 9.97. The lowest BCUT2D eigenvalue weighted by Crippen LogP contribution is -2.38. The third-order valence-electron chi connectivity index (χ3n) is 4.81. The van der Waals surface area contributed by atoms with Gasteiger partial charge in [-0.2, -0.15) is 0 Å². The lowest BCUT2D eigenvalue weighted by atomic mass is 10.0. The van der Waals surface area contributed by atoms with Gasteiger partial charge in [-0.3, -0.25) is 9.59 Å². The largest absolute Gasteiger partial charge is 0.493 e. The average molecular weight is 434 g/mol. The fourth-order valence-electron chi connectivity index (χ4n) is 2.65. The van der Waals surface area contributed by atoms with E-state index in [0.717, 1.165) is 22.6 Å². The lowest BCUT2D eigenvalue weighted by Gasteiger charge is -2.15. The Hall–Kier alpha value is -2.57. The molecule has 0 fully saturated rings. The maximum atomic E-state index is 12.1. The van der Waals surface area contributed by atoms with Crippen molar-refractivity contribution in [1.29, 1.82) is 0 Å². The molecule has 164 valence electrons. The van der Waals surface area contributed by atoms with E-state index in [0.29, 0.717) is 26.0 Å². The standard InChI is InChI=1S/C23H31N3O3.ClH/c1-16-7-4-5-8-21(16)29-14-6-9-22(27)26-20-12-10-19(11-13-20)15-25-23(28)17(2)18(3)24;/h4-5,7-8,10-13,17-18H,6,9,14-15,24H2,1-3H3,(H,25,28)(H,26,27);1H. The molecule has 2 aromatic rings. The molecule has 2 atom stereocenters. The summed E-state index contributed by atoms with van der Waals surface area (Å²) in [4.78, 5) is 24.0. The third kappa shape index (κ3) is 8.43. The maximum absolute atomic E-state index is 12.1. The predicted molar refractivity (Wildman–Crippen MR) is 123 cm³/mol. The monoisotopic (exact) mass is 433 g/mol. The second-order valence-electron chi connectivity index (χ2n) is 7.33. The Bertz CT molecular complexity index is 810. The molecule has 0 aliphatic heterocycles. The van der Waals surface area contributed by atoms with Crippen molar-refractivity contribution in [2.24, 2.45) is 11.7 Å². The van der Waals surface area contributed by atoms with E-state index in [4.69, 9.17) is 10.5 Å². The van der Waals surface area contributed by atoms with Crippen LogP contribution in [0.1, 0.15) is 37.8 Å². The number of anilines is 1. The molecule has 2 amide bonds. The van der Waals surface area contributed by atoms with Gasteiger partial charge in [0, 0.05) is 30.6 Å². The third-order valence-corrected chi connectivity index (χ3v) is 4.81. The lowest BCUT2D eigenvalue weighted by molar-refractivity contribution is -0.125. The van der Waals surface area contributed by atoms with Crippen LogP contribution in [0, 0.1) is 12.8 Å². The Kier molecular flexibility index (Phi) is 10.9. The molecule has 2 rings (SSSR count). The van der Waals surface area contributed by atoms with Crippen molar-refractivity contribution < 1.29 is 14.3 Å². The number of hydrogen-bond acceptors (Lipinski definition) is 4. The summed E-state index contributed by atoms with van der Waals surface area (Å²) in [5.74, 6) is 0.504. The molecule has 0 radical (unpaired) electrons. The fourth-order valence-corrected chi connectivity index (χ4v) is 2.65. The highest BCUT2D eigenvalue weighted by molar-refractivity contribution is 5.90. The molecule has 30 heavy (non-hydrogen) atoms. The van der Waals surface area contributed by atoms with Gasteiger partial charge in [0.2, 0.25) is 11.8 Å². The van der Waals surface area contributed by atoms with Crippen molar-refractivity contribution in [3.63, 3.8) is 0 Å². The molecule has 6 nitrogen and oxygen atoms in total. The summed E-state index contributed by atoms with van der Waals surface area (Å²) in [5, 5.41) is 5.75. The smallest absolute Gasteiger partial charge is 0.224 e. The predicted octanol–water partition coefficient (Wildman–Crippen LogP) is 3.81. The molecule has 2 unspecified atom stereocenters. The minimum absolute atomic E-state index is 0. The van der Waals surface area contributed by atoms with E-state index < -0.39 is 0 Å². The van der Waals surface area contributed by atoms with Crippen molar-refractivity contribution in [3.8, 4) is 5.75 Å². The number of nitrogens with two attached hydrogens (primary N) is 1. The summed E-state index contributed by atoms with van der Waals surface area (Å²) >= 11 is 0. The van der Waals surface area contributed by atoms with Crippen molar-refractivity contribution in [2.45, 2.75) is 46.2 Å². The summed E-state index contributed by atoms with van der Waals surface area (Å²) in [7, 11) is 0. The van der Waals surface area contributed by atoms with Gasteiger partial charge >= 0.3 is 0 Å². The van der Waals surface area contributed by atoms with Crippen LogP contribution in [0.2, 0.25) is 0 Å². The van der Waals surface area contributed by atoms with Gasteiger partial charge in [0.05, 0.1) is 6.61 Å². The number of para-hydroxylation sites is 1. The van der Waals surface area contributed by atoms with Crippen molar-refractivity contribution >= 4 is 29.9 Å². The first-order chi connectivity index (χ1) is 13.9. The second-order valence-corrected chi connectivity index (χ2v) is 7.33. The summed E-state index contributed by atoms with van der Waals surface area (Å²) in [6.45, 7) is 6.55. The molecule has 4 N–H and O–H groups in total. The van der Waals surface area contributed by atoms with Gasteiger partial charge in [-0.05, 0) is 49.6 Å². The number of rotatable bonds is 10. The first-order valence-corrected chi connectivity index (χ1v) is 9.97. The summed E-state index contributed by atoms with van der Waals surface area (Å²) in [6, 6.07) is 15.1. The maximum Gasteiger partial charge on any atom is 0.224 e. The Morgan fingerprint density at radius 1 is 1.07 bits per heavy atom. The number of carbonyl (C=O) groups is 2. The Morgan fingerprint density at radius 2 is 1.73 bits per heavy atom. The normalized spacial score (nSPS) is 12.3. The number of benzene rings is 2.